The number of rotatable bonds is 4. The van der Waals surface area contributed by atoms with Gasteiger partial charge in [-0.25, -0.2) is 4.39 Å². The van der Waals surface area contributed by atoms with E-state index in [0.717, 1.165) is 23.4 Å². The van der Waals surface area contributed by atoms with Gasteiger partial charge in [0.05, 0.1) is 0 Å². The predicted octanol–water partition coefficient (Wildman–Crippen LogP) is 5.08. The molecule has 1 aliphatic rings. The van der Waals surface area contributed by atoms with Gasteiger partial charge in [-0.2, -0.15) is 0 Å². The third-order valence-corrected chi connectivity index (χ3v) is 4.53. The van der Waals surface area contributed by atoms with Crippen molar-refractivity contribution in [1.82, 2.24) is 5.32 Å². The molecule has 1 atom stereocenters. The second-order valence-corrected chi connectivity index (χ2v) is 6.30. The molecule has 0 spiro atoms. The number of hydrogen-bond acceptors (Lipinski definition) is 1. The first-order valence-corrected chi connectivity index (χ1v) is 7.76. The molecule has 3 heteroatoms. The van der Waals surface area contributed by atoms with Crippen molar-refractivity contribution in [3.63, 3.8) is 0 Å². The molecule has 1 saturated carbocycles. The maximum Gasteiger partial charge on any atom is 0.123 e. The van der Waals surface area contributed by atoms with Crippen LogP contribution < -0.4 is 5.32 Å². The second-order valence-electron chi connectivity index (χ2n) is 5.86. The smallest absolute Gasteiger partial charge is 0.123 e. The van der Waals surface area contributed by atoms with Crippen LogP contribution in [0.2, 0.25) is 5.02 Å². The van der Waals surface area contributed by atoms with Crippen LogP contribution in [0, 0.1) is 5.82 Å². The summed E-state index contributed by atoms with van der Waals surface area (Å²) < 4.78 is 13.2. The first-order valence-electron chi connectivity index (χ1n) is 7.39. The van der Waals surface area contributed by atoms with Crippen molar-refractivity contribution in [1.29, 1.82) is 0 Å². The van der Waals surface area contributed by atoms with Gasteiger partial charge in [-0.1, -0.05) is 35.9 Å². The summed E-state index contributed by atoms with van der Waals surface area (Å²) in [6.07, 6.45) is 2.22. The van der Waals surface area contributed by atoms with Gasteiger partial charge < -0.3 is 5.32 Å². The van der Waals surface area contributed by atoms with Gasteiger partial charge in [0, 0.05) is 17.1 Å². The van der Waals surface area contributed by atoms with E-state index in [1.807, 2.05) is 18.2 Å². The van der Waals surface area contributed by atoms with Crippen LogP contribution in [0.4, 0.5) is 4.39 Å². The molecular weight excluding hydrogens is 285 g/mol. The number of benzene rings is 2. The molecule has 0 bridgehead atoms. The first kappa shape index (κ1) is 14.6. The molecule has 1 nitrogen and oxygen atoms in total. The Morgan fingerprint density at radius 2 is 1.90 bits per heavy atom. The molecular formula is C18H19ClFN. The topological polar surface area (TPSA) is 12.0 Å². The minimum Gasteiger partial charge on any atom is -0.307 e. The molecule has 1 N–H and O–H groups in total. The van der Waals surface area contributed by atoms with Crippen molar-refractivity contribution in [2.24, 2.45) is 0 Å². The molecule has 0 aliphatic heterocycles. The second kappa shape index (κ2) is 6.17. The number of halogens is 2. The van der Waals surface area contributed by atoms with Crippen LogP contribution >= 0.6 is 11.6 Å². The van der Waals surface area contributed by atoms with Crippen LogP contribution in [-0.4, -0.2) is 6.04 Å². The van der Waals surface area contributed by atoms with E-state index in [2.05, 4.69) is 24.4 Å². The van der Waals surface area contributed by atoms with Crippen molar-refractivity contribution < 1.29 is 4.39 Å². The summed E-state index contributed by atoms with van der Waals surface area (Å²) in [6.45, 7) is 2.08. The van der Waals surface area contributed by atoms with Crippen LogP contribution in [0.3, 0.4) is 0 Å². The van der Waals surface area contributed by atoms with E-state index in [9.17, 15) is 4.39 Å². The Morgan fingerprint density at radius 1 is 1.14 bits per heavy atom. The van der Waals surface area contributed by atoms with Crippen molar-refractivity contribution in [2.75, 3.05) is 0 Å². The maximum atomic E-state index is 13.2. The van der Waals surface area contributed by atoms with Crippen LogP contribution in [0.1, 0.15) is 42.9 Å². The lowest BCUT2D eigenvalue weighted by molar-refractivity contribution is 0.270. The number of nitrogens with one attached hydrogen (secondary N) is 1. The van der Waals surface area contributed by atoms with E-state index in [-0.39, 0.29) is 11.9 Å². The summed E-state index contributed by atoms with van der Waals surface area (Å²) in [5, 5.41) is 4.38. The summed E-state index contributed by atoms with van der Waals surface area (Å²) >= 11 is 6.03. The highest BCUT2D eigenvalue weighted by Gasteiger charge is 2.31. The third kappa shape index (κ3) is 3.45. The third-order valence-electron chi connectivity index (χ3n) is 4.29. The quantitative estimate of drug-likeness (QED) is 0.831. The molecule has 1 fully saturated rings. The van der Waals surface area contributed by atoms with E-state index in [0.29, 0.717) is 12.0 Å². The van der Waals surface area contributed by atoms with Crippen LogP contribution in [0.25, 0.3) is 0 Å². The van der Waals surface area contributed by atoms with Gasteiger partial charge in [0.15, 0.2) is 0 Å². The first-order chi connectivity index (χ1) is 10.1. The van der Waals surface area contributed by atoms with E-state index in [1.165, 1.54) is 11.6 Å². The van der Waals surface area contributed by atoms with Crippen LogP contribution in [0.15, 0.2) is 48.5 Å². The monoisotopic (exact) mass is 303 g/mol. The molecule has 21 heavy (non-hydrogen) atoms. The molecule has 0 heterocycles. The van der Waals surface area contributed by atoms with Crippen LogP contribution in [0.5, 0.6) is 0 Å². The van der Waals surface area contributed by atoms with Gasteiger partial charge in [0.25, 0.3) is 0 Å². The molecule has 0 amide bonds. The summed E-state index contributed by atoms with van der Waals surface area (Å²) in [7, 11) is 0. The summed E-state index contributed by atoms with van der Waals surface area (Å²) in [5.74, 6) is 0.410. The Hall–Kier alpha value is -1.38. The normalized spacial score (nSPS) is 22.6. The van der Waals surface area contributed by atoms with Crippen LogP contribution in [-0.2, 0) is 0 Å². The molecule has 2 aromatic rings. The highest BCUT2D eigenvalue weighted by atomic mass is 35.5. The highest BCUT2D eigenvalue weighted by molar-refractivity contribution is 6.30. The van der Waals surface area contributed by atoms with Gasteiger partial charge >= 0.3 is 0 Å². The standard InChI is InChI=1S/C18H19ClFN/c1-12(13-4-3-7-17(20)9-13)21-18-10-15(11-18)14-5-2-6-16(19)8-14/h2-9,12,15,18,21H,10-11H2,1H3/t12-,15?,18?/m1/s1. The largest absolute Gasteiger partial charge is 0.307 e. The van der Waals surface area contributed by atoms with Crippen molar-refractivity contribution in [2.45, 2.75) is 37.8 Å². The highest BCUT2D eigenvalue weighted by Crippen LogP contribution is 2.38. The lowest BCUT2D eigenvalue weighted by Crippen LogP contribution is -2.41. The lowest BCUT2D eigenvalue weighted by Gasteiger charge is -2.38. The van der Waals surface area contributed by atoms with Gasteiger partial charge in [-0.3, -0.25) is 0 Å². The van der Waals surface area contributed by atoms with E-state index < -0.39 is 0 Å². The van der Waals surface area contributed by atoms with Gasteiger partial charge in [-0.05, 0) is 61.1 Å². The fourth-order valence-electron chi connectivity index (χ4n) is 3.01. The van der Waals surface area contributed by atoms with E-state index >= 15 is 0 Å². The predicted molar refractivity (Wildman–Crippen MR) is 85.2 cm³/mol. The van der Waals surface area contributed by atoms with E-state index in [4.69, 9.17) is 11.6 Å². The zero-order valence-electron chi connectivity index (χ0n) is 12.0. The van der Waals surface area contributed by atoms with Crippen molar-refractivity contribution in [3.05, 3.63) is 70.5 Å². The number of hydrogen-bond donors (Lipinski definition) is 1. The Bertz CT molecular complexity index is 622. The molecule has 2 aromatic carbocycles. The lowest BCUT2D eigenvalue weighted by atomic mass is 9.75. The average Bonchev–Trinajstić information content (AvgIpc) is 2.42. The minimum atomic E-state index is -0.174. The SMILES string of the molecule is C[C@@H](NC1CC(c2cccc(Cl)c2)C1)c1cccc(F)c1. The average molecular weight is 304 g/mol. The Kier molecular flexibility index (Phi) is 4.27. The van der Waals surface area contributed by atoms with E-state index in [1.54, 1.807) is 12.1 Å². The van der Waals surface area contributed by atoms with Crippen molar-refractivity contribution >= 4 is 11.6 Å². The zero-order chi connectivity index (χ0) is 14.8. The molecule has 1 aliphatic carbocycles. The summed E-state index contributed by atoms with van der Waals surface area (Å²) in [4.78, 5) is 0. The Labute approximate surface area is 130 Å². The minimum absolute atomic E-state index is 0.172. The summed E-state index contributed by atoms with van der Waals surface area (Å²) in [6, 6.07) is 15.6. The zero-order valence-corrected chi connectivity index (χ0v) is 12.8. The molecule has 0 unspecified atom stereocenters. The molecule has 3 rings (SSSR count). The van der Waals surface area contributed by atoms with Gasteiger partial charge in [0.2, 0.25) is 0 Å². The molecule has 110 valence electrons. The molecule has 0 aromatic heterocycles. The Morgan fingerprint density at radius 3 is 2.62 bits per heavy atom. The fourth-order valence-corrected chi connectivity index (χ4v) is 3.21. The molecule has 0 radical (unpaired) electrons. The Balaban J connectivity index is 1.55. The van der Waals surface area contributed by atoms with Gasteiger partial charge in [-0.15, -0.1) is 0 Å². The van der Waals surface area contributed by atoms with Crippen molar-refractivity contribution in [3.8, 4) is 0 Å². The summed E-state index contributed by atoms with van der Waals surface area (Å²) in [5.41, 5.74) is 2.32. The van der Waals surface area contributed by atoms with Gasteiger partial charge in [0.1, 0.15) is 5.82 Å². The maximum absolute atomic E-state index is 13.2. The molecule has 0 saturated heterocycles. The fraction of sp³-hybridized carbons (Fsp3) is 0.333.